The van der Waals surface area contributed by atoms with Gasteiger partial charge in [0.25, 0.3) is 0 Å². The van der Waals surface area contributed by atoms with Crippen molar-refractivity contribution in [2.24, 2.45) is 0 Å². The number of pyridine rings is 1. The van der Waals surface area contributed by atoms with Gasteiger partial charge < -0.3 is 15.6 Å². The van der Waals surface area contributed by atoms with Crippen molar-refractivity contribution in [1.82, 2.24) is 4.98 Å². The van der Waals surface area contributed by atoms with Crippen LogP contribution in [0.3, 0.4) is 0 Å². The zero-order valence-corrected chi connectivity index (χ0v) is 11.6. The number of aromatic carboxylic acids is 1. The molecular formula is C13H11BrN2O3. The van der Waals surface area contributed by atoms with Crippen LogP contribution >= 0.6 is 15.9 Å². The van der Waals surface area contributed by atoms with E-state index >= 15 is 0 Å². The lowest BCUT2D eigenvalue weighted by Gasteiger charge is -2.10. The highest BCUT2D eigenvalue weighted by Crippen LogP contribution is 2.28. The Kier molecular flexibility index (Phi) is 3.71. The number of anilines is 1. The van der Waals surface area contributed by atoms with E-state index in [1.807, 2.05) is 0 Å². The Bertz CT molecular complexity index is 644. The normalized spacial score (nSPS) is 10.2. The maximum Gasteiger partial charge on any atom is 0.337 e. The largest absolute Gasteiger partial charge is 0.478 e. The summed E-state index contributed by atoms with van der Waals surface area (Å²) in [6.07, 6.45) is 3.17. The molecule has 0 aliphatic heterocycles. The average Bonchev–Trinajstić information content (AvgIpc) is 2.33. The SMILES string of the molecule is Cc1cc(Oc2cncc(Br)c2)cc(C(=O)O)c1N. The van der Waals surface area contributed by atoms with Gasteiger partial charge in [0.2, 0.25) is 0 Å². The van der Waals surface area contributed by atoms with Crippen molar-refractivity contribution in [2.75, 3.05) is 5.73 Å². The third-order valence-electron chi connectivity index (χ3n) is 2.51. The monoisotopic (exact) mass is 322 g/mol. The number of nitrogens with two attached hydrogens (primary N) is 1. The summed E-state index contributed by atoms with van der Waals surface area (Å²) in [5, 5.41) is 9.07. The van der Waals surface area contributed by atoms with Crippen LogP contribution in [0.5, 0.6) is 11.5 Å². The van der Waals surface area contributed by atoms with Crippen molar-refractivity contribution in [2.45, 2.75) is 6.92 Å². The van der Waals surface area contributed by atoms with Gasteiger partial charge in [-0.3, -0.25) is 4.98 Å². The molecule has 0 fully saturated rings. The van der Waals surface area contributed by atoms with E-state index in [-0.39, 0.29) is 11.3 Å². The lowest BCUT2D eigenvalue weighted by atomic mass is 10.1. The number of nitrogen functional groups attached to an aromatic ring is 1. The van der Waals surface area contributed by atoms with Gasteiger partial charge in [-0.15, -0.1) is 0 Å². The Hall–Kier alpha value is -2.08. The number of carboxylic acid groups (broad SMARTS) is 1. The quantitative estimate of drug-likeness (QED) is 0.847. The molecule has 1 aromatic heterocycles. The van der Waals surface area contributed by atoms with E-state index in [1.54, 1.807) is 25.3 Å². The number of halogens is 1. The lowest BCUT2D eigenvalue weighted by Crippen LogP contribution is -2.04. The van der Waals surface area contributed by atoms with Gasteiger partial charge in [-0.2, -0.15) is 0 Å². The summed E-state index contributed by atoms with van der Waals surface area (Å²) >= 11 is 3.28. The van der Waals surface area contributed by atoms with Crippen LogP contribution in [0.1, 0.15) is 15.9 Å². The molecular weight excluding hydrogens is 312 g/mol. The van der Waals surface area contributed by atoms with Gasteiger partial charge in [0, 0.05) is 16.4 Å². The fraction of sp³-hybridized carbons (Fsp3) is 0.0769. The summed E-state index contributed by atoms with van der Waals surface area (Å²) in [6.45, 7) is 1.73. The number of aromatic nitrogens is 1. The van der Waals surface area contributed by atoms with Gasteiger partial charge in [-0.05, 0) is 46.6 Å². The molecule has 0 unspecified atom stereocenters. The summed E-state index contributed by atoms with van der Waals surface area (Å²) in [4.78, 5) is 15.0. The summed E-state index contributed by atoms with van der Waals surface area (Å²) in [5.74, 6) is -0.169. The fourth-order valence-electron chi connectivity index (χ4n) is 1.59. The number of ether oxygens (including phenoxy) is 1. The molecule has 0 aliphatic carbocycles. The highest BCUT2D eigenvalue weighted by Gasteiger charge is 2.13. The van der Waals surface area contributed by atoms with E-state index in [4.69, 9.17) is 15.6 Å². The molecule has 6 heteroatoms. The van der Waals surface area contributed by atoms with Crippen LogP contribution in [0.15, 0.2) is 35.1 Å². The number of carbonyl (C=O) groups is 1. The number of hydrogen-bond donors (Lipinski definition) is 2. The smallest absolute Gasteiger partial charge is 0.337 e. The van der Waals surface area contributed by atoms with Gasteiger partial charge >= 0.3 is 5.97 Å². The standard InChI is InChI=1S/C13H11BrN2O3/c1-7-2-9(4-11(12(7)15)13(17)18)19-10-3-8(14)5-16-6-10/h2-6H,15H2,1H3,(H,17,18). The fourth-order valence-corrected chi connectivity index (χ4v) is 1.93. The Morgan fingerprint density at radius 1 is 1.32 bits per heavy atom. The minimum atomic E-state index is -1.08. The lowest BCUT2D eigenvalue weighted by molar-refractivity contribution is 0.0697. The maximum atomic E-state index is 11.1. The number of aryl methyl sites for hydroxylation is 1. The molecule has 19 heavy (non-hydrogen) atoms. The zero-order valence-electron chi connectivity index (χ0n) is 10.1. The molecule has 5 nitrogen and oxygen atoms in total. The minimum absolute atomic E-state index is 0.0259. The molecule has 0 atom stereocenters. The van der Waals surface area contributed by atoms with E-state index in [9.17, 15) is 4.79 Å². The molecule has 0 spiro atoms. The first-order valence-corrected chi connectivity index (χ1v) is 6.18. The Balaban J connectivity index is 2.38. The molecule has 0 radical (unpaired) electrons. The van der Waals surface area contributed by atoms with Crippen molar-refractivity contribution in [3.63, 3.8) is 0 Å². The third-order valence-corrected chi connectivity index (χ3v) is 2.94. The summed E-state index contributed by atoms with van der Waals surface area (Å²) < 4.78 is 6.35. The Morgan fingerprint density at radius 2 is 2.05 bits per heavy atom. The van der Waals surface area contributed by atoms with E-state index in [2.05, 4.69) is 20.9 Å². The predicted molar refractivity (Wildman–Crippen MR) is 74.6 cm³/mol. The Morgan fingerprint density at radius 3 is 2.68 bits per heavy atom. The van der Waals surface area contributed by atoms with Gasteiger partial charge in [0.15, 0.2) is 0 Å². The number of benzene rings is 1. The second kappa shape index (κ2) is 5.27. The van der Waals surface area contributed by atoms with Gasteiger partial charge in [0.1, 0.15) is 11.5 Å². The third kappa shape index (κ3) is 3.03. The van der Waals surface area contributed by atoms with E-state index in [0.29, 0.717) is 17.1 Å². The van der Waals surface area contributed by atoms with Crippen LogP contribution in [0.2, 0.25) is 0 Å². The van der Waals surface area contributed by atoms with Crippen molar-refractivity contribution >= 4 is 27.6 Å². The van der Waals surface area contributed by atoms with Crippen LogP contribution in [0.25, 0.3) is 0 Å². The maximum absolute atomic E-state index is 11.1. The van der Waals surface area contributed by atoms with E-state index < -0.39 is 5.97 Å². The van der Waals surface area contributed by atoms with Crippen molar-refractivity contribution < 1.29 is 14.6 Å². The molecule has 0 aliphatic rings. The predicted octanol–water partition coefficient (Wildman–Crippen LogP) is 3.23. The number of carboxylic acids is 1. The summed E-state index contributed by atoms with van der Waals surface area (Å²) in [5.41, 5.74) is 6.63. The van der Waals surface area contributed by atoms with Gasteiger partial charge in [-0.25, -0.2) is 4.79 Å². The first-order chi connectivity index (χ1) is 8.97. The van der Waals surface area contributed by atoms with Crippen LogP contribution < -0.4 is 10.5 Å². The first-order valence-electron chi connectivity index (χ1n) is 5.39. The number of nitrogens with zero attached hydrogens (tertiary/aromatic N) is 1. The summed E-state index contributed by atoms with van der Waals surface area (Å²) in [6, 6.07) is 4.81. The van der Waals surface area contributed by atoms with Crippen LogP contribution in [-0.2, 0) is 0 Å². The van der Waals surface area contributed by atoms with Crippen LogP contribution in [0, 0.1) is 6.92 Å². The zero-order chi connectivity index (χ0) is 14.0. The second-order valence-corrected chi connectivity index (χ2v) is 4.86. The molecule has 1 aromatic carbocycles. The van der Waals surface area contributed by atoms with Crippen molar-refractivity contribution in [3.8, 4) is 11.5 Å². The highest BCUT2D eigenvalue weighted by atomic mass is 79.9. The highest BCUT2D eigenvalue weighted by molar-refractivity contribution is 9.10. The molecule has 1 heterocycles. The van der Waals surface area contributed by atoms with Crippen LogP contribution in [0.4, 0.5) is 5.69 Å². The van der Waals surface area contributed by atoms with E-state index in [1.165, 1.54) is 12.3 Å². The Labute approximate surface area is 118 Å². The molecule has 0 saturated carbocycles. The van der Waals surface area contributed by atoms with Gasteiger partial charge in [-0.1, -0.05) is 0 Å². The molecule has 98 valence electrons. The molecule has 2 rings (SSSR count). The second-order valence-electron chi connectivity index (χ2n) is 3.95. The first kappa shape index (κ1) is 13.4. The molecule has 0 amide bonds. The molecule has 3 N–H and O–H groups in total. The van der Waals surface area contributed by atoms with Crippen molar-refractivity contribution in [3.05, 3.63) is 46.2 Å². The van der Waals surface area contributed by atoms with E-state index in [0.717, 1.165) is 4.47 Å². The van der Waals surface area contributed by atoms with Crippen LogP contribution in [-0.4, -0.2) is 16.1 Å². The molecule has 0 saturated heterocycles. The minimum Gasteiger partial charge on any atom is -0.478 e. The topological polar surface area (TPSA) is 85.4 Å². The molecule has 0 bridgehead atoms. The number of hydrogen-bond acceptors (Lipinski definition) is 4. The molecule has 2 aromatic rings. The van der Waals surface area contributed by atoms with Crippen molar-refractivity contribution in [1.29, 1.82) is 0 Å². The average molecular weight is 323 g/mol. The number of rotatable bonds is 3. The van der Waals surface area contributed by atoms with Gasteiger partial charge in [0.05, 0.1) is 11.8 Å². The summed E-state index contributed by atoms with van der Waals surface area (Å²) in [7, 11) is 0.